The van der Waals surface area contributed by atoms with E-state index in [0.717, 1.165) is 18.2 Å². The summed E-state index contributed by atoms with van der Waals surface area (Å²) < 4.78 is 5.89. The summed E-state index contributed by atoms with van der Waals surface area (Å²) in [6, 6.07) is 8.74. The van der Waals surface area contributed by atoms with Crippen LogP contribution in [0.3, 0.4) is 0 Å². The Kier molecular flexibility index (Phi) is 3.26. The molecular formula is C14H18ClNO. The van der Waals surface area contributed by atoms with Crippen molar-refractivity contribution in [2.75, 3.05) is 18.1 Å². The van der Waals surface area contributed by atoms with Gasteiger partial charge in [-0.3, -0.25) is 0 Å². The smallest absolute Gasteiger partial charge is 0.0779 e. The van der Waals surface area contributed by atoms with Gasteiger partial charge >= 0.3 is 0 Å². The zero-order valence-electron chi connectivity index (χ0n) is 9.94. The van der Waals surface area contributed by atoms with Gasteiger partial charge in [0.1, 0.15) is 0 Å². The Balaban J connectivity index is 1.85. The molecule has 2 nitrogen and oxygen atoms in total. The van der Waals surface area contributed by atoms with Gasteiger partial charge in [0, 0.05) is 17.3 Å². The third-order valence-electron chi connectivity index (χ3n) is 3.87. The third-order valence-corrected chi connectivity index (χ3v) is 4.11. The van der Waals surface area contributed by atoms with Crippen LogP contribution in [0.1, 0.15) is 25.7 Å². The Labute approximate surface area is 108 Å². The highest BCUT2D eigenvalue weighted by atomic mass is 35.5. The van der Waals surface area contributed by atoms with Gasteiger partial charge in [-0.25, -0.2) is 0 Å². The first kappa shape index (κ1) is 11.4. The number of morpholine rings is 1. The minimum atomic E-state index is 0.427. The fourth-order valence-corrected chi connectivity index (χ4v) is 3.26. The molecule has 0 unspecified atom stereocenters. The standard InChI is InChI=1S/C14H18ClNO/c15-11-4-3-5-12(10-11)16-8-9-17-14-7-2-1-6-13(14)16/h3-5,10,13-14H,1-2,6-9H2/t13-,14-/m1/s1. The number of rotatable bonds is 1. The first-order chi connectivity index (χ1) is 8.34. The molecule has 3 heteroatoms. The molecule has 3 rings (SSSR count). The van der Waals surface area contributed by atoms with Crippen molar-refractivity contribution in [3.8, 4) is 0 Å². The fourth-order valence-electron chi connectivity index (χ4n) is 3.07. The molecule has 2 aliphatic rings. The van der Waals surface area contributed by atoms with E-state index in [9.17, 15) is 0 Å². The minimum absolute atomic E-state index is 0.427. The predicted molar refractivity (Wildman–Crippen MR) is 70.8 cm³/mol. The van der Waals surface area contributed by atoms with E-state index in [1.807, 2.05) is 12.1 Å². The van der Waals surface area contributed by atoms with Gasteiger partial charge in [-0.05, 0) is 31.0 Å². The van der Waals surface area contributed by atoms with E-state index in [1.54, 1.807) is 0 Å². The molecule has 1 saturated heterocycles. The highest BCUT2D eigenvalue weighted by Gasteiger charge is 2.34. The van der Waals surface area contributed by atoms with Crippen molar-refractivity contribution in [2.24, 2.45) is 0 Å². The van der Waals surface area contributed by atoms with Crippen LogP contribution in [0.2, 0.25) is 5.02 Å². The third kappa shape index (κ3) is 2.29. The average molecular weight is 252 g/mol. The maximum Gasteiger partial charge on any atom is 0.0779 e. The van der Waals surface area contributed by atoms with Crippen LogP contribution in [0, 0.1) is 0 Å². The topological polar surface area (TPSA) is 12.5 Å². The normalized spacial score (nSPS) is 28.9. The molecule has 1 heterocycles. The van der Waals surface area contributed by atoms with Gasteiger partial charge in [-0.2, -0.15) is 0 Å². The van der Waals surface area contributed by atoms with E-state index in [0.29, 0.717) is 12.1 Å². The van der Waals surface area contributed by atoms with E-state index in [-0.39, 0.29) is 0 Å². The molecule has 2 fully saturated rings. The molecule has 1 aliphatic carbocycles. The Hall–Kier alpha value is -0.730. The van der Waals surface area contributed by atoms with Gasteiger partial charge in [-0.1, -0.05) is 30.5 Å². The van der Waals surface area contributed by atoms with Gasteiger partial charge < -0.3 is 9.64 Å². The van der Waals surface area contributed by atoms with Crippen LogP contribution in [0.5, 0.6) is 0 Å². The maximum atomic E-state index is 6.08. The van der Waals surface area contributed by atoms with Gasteiger partial charge in [0.25, 0.3) is 0 Å². The summed E-state index contributed by atoms with van der Waals surface area (Å²) in [4.78, 5) is 2.49. The Morgan fingerprint density at radius 1 is 1.24 bits per heavy atom. The van der Waals surface area contributed by atoms with E-state index < -0.39 is 0 Å². The summed E-state index contributed by atoms with van der Waals surface area (Å²) in [6.45, 7) is 1.83. The summed E-state index contributed by atoms with van der Waals surface area (Å²) in [5, 5.41) is 0.821. The molecule has 0 bridgehead atoms. The number of nitrogens with zero attached hydrogens (tertiary/aromatic N) is 1. The number of anilines is 1. The van der Waals surface area contributed by atoms with Crippen molar-refractivity contribution in [3.05, 3.63) is 29.3 Å². The van der Waals surface area contributed by atoms with Crippen molar-refractivity contribution in [1.29, 1.82) is 0 Å². The number of hydrogen-bond acceptors (Lipinski definition) is 2. The summed E-state index contributed by atoms with van der Waals surface area (Å²) >= 11 is 6.08. The highest BCUT2D eigenvalue weighted by Crippen LogP contribution is 2.32. The summed E-state index contributed by atoms with van der Waals surface area (Å²) in [5.41, 5.74) is 1.25. The van der Waals surface area contributed by atoms with Gasteiger partial charge in [-0.15, -0.1) is 0 Å². The van der Waals surface area contributed by atoms with Gasteiger partial charge in [0.15, 0.2) is 0 Å². The van der Waals surface area contributed by atoms with E-state index in [1.165, 1.54) is 31.4 Å². The van der Waals surface area contributed by atoms with Crippen LogP contribution in [0.15, 0.2) is 24.3 Å². The lowest BCUT2D eigenvalue weighted by Gasteiger charge is -2.45. The lowest BCUT2D eigenvalue weighted by Crippen LogP contribution is -2.52. The fraction of sp³-hybridized carbons (Fsp3) is 0.571. The number of benzene rings is 1. The second-order valence-electron chi connectivity index (χ2n) is 4.93. The van der Waals surface area contributed by atoms with Crippen molar-refractivity contribution in [1.82, 2.24) is 0 Å². The molecule has 0 N–H and O–H groups in total. The van der Waals surface area contributed by atoms with Crippen LogP contribution >= 0.6 is 11.6 Å². The molecule has 1 aromatic carbocycles. The predicted octanol–water partition coefficient (Wildman–Crippen LogP) is 3.49. The zero-order valence-corrected chi connectivity index (χ0v) is 10.7. The van der Waals surface area contributed by atoms with Crippen molar-refractivity contribution < 1.29 is 4.74 Å². The van der Waals surface area contributed by atoms with E-state index in [4.69, 9.17) is 16.3 Å². The molecule has 2 atom stereocenters. The molecule has 1 aromatic rings. The first-order valence-corrected chi connectivity index (χ1v) is 6.86. The average Bonchev–Trinajstić information content (AvgIpc) is 2.38. The molecule has 0 aromatic heterocycles. The second kappa shape index (κ2) is 4.87. The van der Waals surface area contributed by atoms with E-state index >= 15 is 0 Å². The first-order valence-electron chi connectivity index (χ1n) is 6.48. The molecule has 0 amide bonds. The summed E-state index contributed by atoms with van der Waals surface area (Å²) in [7, 11) is 0. The zero-order chi connectivity index (χ0) is 11.7. The van der Waals surface area contributed by atoms with Crippen molar-refractivity contribution in [3.63, 3.8) is 0 Å². The number of fused-ring (bicyclic) bond motifs is 1. The molecule has 0 radical (unpaired) electrons. The molecule has 1 aliphatic heterocycles. The highest BCUT2D eigenvalue weighted by molar-refractivity contribution is 6.30. The molecule has 1 saturated carbocycles. The quantitative estimate of drug-likeness (QED) is 0.758. The summed E-state index contributed by atoms with van der Waals surface area (Å²) in [5.74, 6) is 0. The molecular weight excluding hydrogens is 234 g/mol. The van der Waals surface area contributed by atoms with Crippen LogP contribution in [0.25, 0.3) is 0 Å². The molecule has 92 valence electrons. The van der Waals surface area contributed by atoms with Crippen molar-refractivity contribution in [2.45, 2.75) is 37.8 Å². The van der Waals surface area contributed by atoms with Crippen LogP contribution in [0.4, 0.5) is 5.69 Å². The minimum Gasteiger partial charge on any atom is -0.374 e. The van der Waals surface area contributed by atoms with Crippen LogP contribution in [-0.2, 0) is 4.74 Å². The largest absolute Gasteiger partial charge is 0.374 e. The monoisotopic (exact) mass is 251 g/mol. The maximum absolute atomic E-state index is 6.08. The Morgan fingerprint density at radius 2 is 2.12 bits per heavy atom. The van der Waals surface area contributed by atoms with Crippen LogP contribution in [-0.4, -0.2) is 25.3 Å². The lowest BCUT2D eigenvalue weighted by molar-refractivity contribution is -0.00867. The lowest BCUT2D eigenvalue weighted by atomic mass is 9.90. The van der Waals surface area contributed by atoms with Gasteiger partial charge in [0.2, 0.25) is 0 Å². The number of halogens is 1. The molecule has 17 heavy (non-hydrogen) atoms. The number of hydrogen-bond donors (Lipinski definition) is 0. The summed E-state index contributed by atoms with van der Waals surface area (Å²) in [6.07, 6.45) is 5.52. The van der Waals surface area contributed by atoms with E-state index in [2.05, 4.69) is 17.0 Å². The second-order valence-corrected chi connectivity index (χ2v) is 5.37. The SMILES string of the molecule is Clc1cccc(N2CCO[C@@H]3CCCC[C@H]32)c1. The molecule has 0 spiro atoms. The van der Waals surface area contributed by atoms with Crippen molar-refractivity contribution >= 4 is 17.3 Å². The Bertz CT molecular complexity index is 394. The Morgan fingerprint density at radius 3 is 3.00 bits per heavy atom. The van der Waals surface area contributed by atoms with Crippen LogP contribution < -0.4 is 4.90 Å². The van der Waals surface area contributed by atoms with Gasteiger partial charge in [0.05, 0.1) is 18.8 Å². The number of ether oxygens (including phenoxy) is 1.